The Kier molecular flexibility index (Phi) is 7.70. The van der Waals surface area contributed by atoms with Crippen molar-refractivity contribution in [2.24, 2.45) is 10.2 Å². The Morgan fingerprint density at radius 1 is 0.921 bits per heavy atom. The van der Waals surface area contributed by atoms with Crippen molar-refractivity contribution in [3.63, 3.8) is 0 Å². The second-order valence-corrected chi connectivity index (χ2v) is 9.69. The number of amidine groups is 1. The standard InChI is InChI=1S/C30H26N4O3S/c1-33(2)24-15-13-22(14-16-24)19-28-29(35)34(21-27-12-7-17-36-27)30(38-28)32-31-20-23-8-6-11-26(18-23)37-25-9-4-3-5-10-25/h3-20H,21H2,1-2H3/b28-19-,31-20+,32-30-. The molecule has 0 bridgehead atoms. The number of furan rings is 1. The van der Waals surface area contributed by atoms with Crippen LogP contribution < -0.4 is 9.64 Å². The van der Waals surface area contributed by atoms with Crippen LogP contribution in [0.3, 0.4) is 0 Å². The summed E-state index contributed by atoms with van der Waals surface area (Å²) in [6.07, 6.45) is 5.10. The van der Waals surface area contributed by atoms with E-state index in [4.69, 9.17) is 9.15 Å². The normalized spacial score (nSPS) is 15.6. The van der Waals surface area contributed by atoms with Crippen LogP contribution in [-0.4, -0.2) is 36.3 Å². The first-order chi connectivity index (χ1) is 18.5. The van der Waals surface area contributed by atoms with Gasteiger partial charge in [-0.3, -0.25) is 9.69 Å². The zero-order valence-electron chi connectivity index (χ0n) is 21.0. The van der Waals surface area contributed by atoms with Crippen LogP contribution >= 0.6 is 11.8 Å². The number of thioether (sulfide) groups is 1. The zero-order chi connectivity index (χ0) is 26.3. The van der Waals surface area contributed by atoms with Crippen LogP contribution in [0.15, 0.2) is 117 Å². The van der Waals surface area contributed by atoms with E-state index in [1.54, 1.807) is 23.4 Å². The SMILES string of the molecule is CN(C)c1ccc(/C=C2\S/C(=N\N=C\c3cccc(Oc4ccccc4)c3)N(Cc3ccco3)C2=O)cc1. The Balaban J connectivity index is 1.36. The fraction of sp³-hybridized carbons (Fsp3) is 0.100. The van der Waals surface area contributed by atoms with Gasteiger partial charge in [-0.05, 0) is 77.5 Å². The maximum atomic E-state index is 13.3. The van der Waals surface area contributed by atoms with Gasteiger partial charge in [-0.2, -0.15) is 5.10 Å². The Labute approximate surface area is 225 Å². The molecule has 5 rings (SSSR count). The summed E-state index contributed by atoms with van der Waals surface area (Å²) in [6, 6.07) is 28.8. The van der Waals surface area contributed by atoms with Crippen molar-refractivity contribution in [3.8, 4) is 11.5 Å². The number of benzene rings is 3. The van der Waals surface area contributed by atoms with Crippen molar-refractivity contribution in [1.29, 1.82) is 0 Å². The van der Waals surface area contributed by atoms with Crippen LogP contribution in [0.5, 0.6) is 11.5 Å². The van der Waals surface area contributed by atoms with Gasteiger partial charge in [0.25, 0.3) is 5.91 Å². The van der Waals surface area contributed by atoms with E-state index in [9.17, 15) is 4.79 Å². The molecule has 3 aromatic carbocycles. The van der Waals surface area contributed by atoms with Crippen molar-refractivity contribution in [1.82, 2.24) is 4.90 Å². The number of hydrogen-bond acceptors (Lipinski definition) is 7. The van der Waals surface area contributed by atoms with Gasteiger partial charge in [0.1, 0.15) is 17.3 Å². The molecule has 0 saturated carbocycles. The van der Waals surface area contributed by atoms with Crippen LogP contribution in [0.1, 0.15) is 16.9 Å². The highest BCUT2D eigenvalue weighted by Crippen LogP contribution is 2.34. The molecular weight excluding hydrogens is 496 g/mol. The van der Waals surface area contributed by atoms with Crippen LogP contribution in [0, 0.1) is 0 Å². The van der Waals surface area contributed by atoms with Gasteiger partial charge in [-0.15, -0.1) is 5.10 Å². The summed E-state index contributed by atoms with van der Waals surface area (Å²) in [5.74, 6) is 1.98. The molecule has 1 fully saturated rings. The number of nitrogens with zero attached hydrogens (tertiary/aromatic N) is 4. The lowest BCUT2D eigenvalue weighted by atomic mass is 10.2. The van der Waals surface area contributed by atoms with Crippen molar-refractivity contribution in [2.75, 3.05) is 19.0 Å². The minimum Gasteiger partial charge on any atom is -0.467 e. The predicted molar refractivity (Wildman–Crippen MR) is 154 cm³/mol. The fourth-order valence-corrected chi connectivity index (χ4v) is 4.66. The van der Waals surface area contributed by atoms with Crippen molar-refractivity contribution in [2.45, 2.75) is 6.54 Å². The van der Waals surface area contributed by atoms with E-state index < -0.39 is 0 Å². The van der Waals surface area contributed by atoms with Gasteiger partial charge in [-0.25, -0.2) is 0 Å². The van der Waals surface area contributed by atoms with E-state index >= 15 is 0 Å². The molecule has 0 unspecified atom stereocenters. The Morgan fingerprint density at radius 3 is 2.45 bits per heavy atom. The summed E-state index contributed by atoms with van der Waals surface area (Å²) in [5, 5.41) is 9.17. The third-order valence-electron chi connectivity index (χ3n) is 5.68. The van der Waals surface area contributed by atoms with Gasteiger partial charge in [0.2, 0.25) is 0 Å². The van der Waals surface area contributed by atoms with E-state index in [1.807, 2.05) is 110 Å². The average Bonchev–Trinajstić information content (AvgIpc) is 3.54. The summed E-state index contributed by atoms with van der Waals surface area (Å²) in [4.78, 5) is 17.5. The number of carbonyl (C=O) groups excluding carboxylic acids is 1. The predicted octanol–water partition coefficient (Wildman–Crippen LogP) is 6.64. The number of carbonyl (C=O) groups is 1. The Hall–Kier alpha value is -4.56. The largest absolute Gasteiger partial charge is 0.467 e. The number of amides is 1. The van der Waals surface area contributed by atoms with Gasteiger partial charge >= 0.3 is 0 Å². The number of hydrogen-bond donors (Lipinski definition) is 0. The number of rotatable bonds is 8. The second-order valence-electron chi connectivity index (χ2n) is 8.68. The molecule has 7 nitrogen and oxygen atoms in total. The first-order valence-electron chi connectivity index (χ1n) is 12.0. The molecule has 1 aromatic heterocycles. The summed E-state index contributed by atoms with van der Waals surface area (Å²) < 4.78 is 11.4. The van der Waals surface area contributed by atoms with E-state index in [0.29, 0.717) is 21.6 Å². The van der Waals surface area contributed by atoms with Crippen LogP contribution in [0.25, 0.3) is 6.08 Å². The number of ether oxygens (including phenoxy) is 1. The fourth-order valence-electron chi connectivity index (χ4n) is 3.73. The summed E-state index contributed by atoms with van der Waals surface area (Å²) >= 11 is 1.29. The third kappa shape index (κ3) is 6.22. The molecule has 0 radical (unpaired) electrons. The first-order valence-corrected chi connectivity index (χ1v) is 12.8. The topological polar surface area (TPSA) is 70.6 Å². The first kappa shape index (κ1) is 25.1. The smallest absolute Gasteiger partial charge is 0.267 e. The molecule has 0 spiro atoms. The summed E-state index contributed by atoms with van der Waals surface area (Å²) in [6.45, 7) is 0.268. The molecule has 1 saturated heterocycles. The van der Waals surface area contributed by atoms with Gasteiger partial charge < -0.3 is 14.1 Å². The van der Waals surface area contributed by atoms with Crippen LogP contribution in [0.4, 0.5) is 5.69 Å². The molecule has 0 N–H and O–H groups in total. The number of para-hydroxylation sites is 1. The van der Waals surface area contributed by atoms with Crippen LogP contribution in [0.2, 0.25) is 0 Å². The molecular formula is C30H26N4O3S. The molecule has 190 valence electrons. The highest BCUT2D eigenvalue weighted by molar-refractivity contribution is 8.18. The molecule has 38 heavy (non-hydrogen) atoms. The van der Waals surface area contributed by atoms with E-state index in [1.165, 1.54) is 11.8 Å². The molecule has 1 amide bonds. The Bertz CT molecular complexity index is 1480. The lowest BCUT2D eigenvalue weighted by molar-refractivity contribution is -0.122. The van der Waals surface area contributed by atoms with E-state index in [-0.39, 0.29) is 12.5 Å². The van der Waals surface area contributed by atoms with E-state index in [0.717, 1.165) is 22.6 Å². The molecule has 2 heterocycles. The molecule has 8 heteroatoms. The lowest BCUT2D eigenvalue weighted by Gasteiger charge is -2.12. The Morgan fingerprint density at radius 2 is 1.71 bits per heavy atom. The molecule has 1 aliphatic rings. The maximum absolute atomic E-state index is 13.3. The minimum atomic E-state index is -0.143. The zero-order valence-corrected chi connectivity index (χ0v) is 21.8. The second kappa shape index (κ2) is 11.7. The quantitative estimate of drug-likeness (QED) is 0.147. The highest BCUT2D eigenvalue weighted by Gasteiger charge is 2.34. The lowest BCUT2D eigenvalue weighted by Crippen LogP contribution is -2.28. The highest BCUT2D eigenvalue weighted by atomic mass is 32.2. The van der Waals surface area contributed by atoms with Crippen molar-refractivity contribution < 1.29 is 13.9 Å². The average molecular weight is 523 g/mol. The van der Waals surface area contributed by atoms with Crippen molar-refractivity contribution in [3.05, 3.63) is 119 Å². The molecule has 0 atom stereocenters. The van der Waals surface area contributed by atoms with E-state index in [2.05, 4.69) is 10.2 Å². The molecule has 1 aliphatic heterocycles. The third-order valence-corrected chi connectivity index (χ3v) is 6.67. The molecule has 0 aliphatic carbocycles. The van der Waals surface area contributed by atoms with Gasteiger partial charge in [0, 0.05) is 19.8 Å². The van der Waals surface area contributed by atoms with Gasteiger partial charge in [0.15, 0.2) is 5.17 Å². The summed E-state index contributed by atoms with van der Waals surface area (Å²) in [7, 11) is 3.98. The van der Waals surface area contributed by atoms with Crippen molar-refractivity contribution >= 4 is 40.8 Å². The van der Waals surface area contributed by atoms with Crippen LogP contribution in [-0.2, 0) is 11.3 Å². The number of anilines is 1. The van der Waals surface area contributed by atoms with Gasteiger partial charge in [-0.1, -0.05) is 42.5 Å². The molecule has 4 aromatic rings. The minimum absolute atomic E-state index is 0.143. The monoisotopic (exact) mass is 522 g/mol. The summed E-state index contributed by atoms with van der Waals surface area (Å²) in [5.41, 5.74) is 2.85. The maximum Gasteiger partial charge on any atom is 0.267 e. The van der Waals surface area contributed by atoms with Gasteiger partial charge in [0.05, 0.1) is 23.9 Å².